The molecular weight excluding hydrogens is 248 g/mol. The van der Waals surface area contributed by atoms with Gasteiger partial charge in [0.2, 0.25) is 5.88 Å². The van der Waals surface area contributed by atoms with Gasteiger partial charge in [0.25, 0.3) is 0 Å². The topological polar surface area (TPSA) is 60.8 Å². The van der Waals surface area contributed by atoms with Crippen molar-refractivity contribution in [3.8, 4) is 22.9 Å². The minimum Gasteiger partial charge on any atom is -0.439 e. The molecule has 0 spiro atoms. The second-order valence-electron chi connectivity index (χ2n) is 3.46. The van der Waals surface area contributed by atoms with Gasteiger partial charge < -0.3 is 4.74 Å². The van der Waals surface area contributed by atoms with Crippen LogP contribution in [0.1, 0.15) is 0 Å². The second kappa shape index (κ2) is 4.89. The molecule has 2 aromatic heterocycles. The Labute approximate surface area is 107 Å². The number of ether oxygens (including phenoxy) is 1. The Kier molecular flexibility index (Phi) is 2.93. The van der Waals surface area contributed by atoms with E-state index in [4.69, 9.17) is 4.74 Å². The molecular formula is C12H8N4OS. The van der Waals surface area contributed by atoms with Gasteiger partial charge in [-0.1, -0.05) is 4.49 Å². The van der Waals surface area contributed by atoms with Crippen LogP contribution in [0.25, 0.3) is 11.3 Å². The van der Waals surface area contributed by atoms with Gasteiger partial charge in [-0.25, -0.2) is 9.97 Å². The Hall–Kier alpha value is -2.34. The van der Waals surface area contributed by atoms with Gasteiger partial charge in [-0.15, -0.1) is 5.10 Å². The molecule has 3 rings (SSSR count). The molecule has 0 radical (unpaired) electrons. The summed E-state index contributed by atoms with van der Waals surface area (Å²) in [5.74, 6) is 1.24. The SMILES string of the molecule is c1cc(Oc2ccc(-c3csnn3)cc2)ncn1. The number of rotatable bonds is 3. The Bertz CT molecular complexity index is 610. The molecule has 5 nitrogen and oxygen atoms in total. The van der Waals surface area contributed by atoms with Gasteiger partial charge in [-0.3, -0.25) is 0 Å². The molecule has 0 aliphatic carbocycles. The van der Waals surface area contributed by atoms with Crippen LogP contribution < -0.4 is 4.74 Å². The Morgan fingerprint density at radius 3 is 2.61 bits per heavy atom. The lowest BCUT2D eigenvalue weighted by molar-refractivity contribution is 0.461. The standard InChI is InChI=1S/C12H8N4OS/c1-3-10(17-12-5-6-13-8-14-12)4-2-9(1)11-7-18-16-15-11/h1-8H. The molecule has 0 amide bonds. The van der Waals surface area contributed by atoms with Crippen molar-refractivity contribution in [3.05, 3.63) is 48.2 Å². The monoisotopic (exact) mass is 256 g/mol. The zero-order chi connectivity index (χ0) is 12.2. The first-order chi connectivity index (χ1) is 8.92. The van der Waals surface area contributed by atoms with Crippen molar-refractivity contribution in [1.82, 2.24) is 19.6 Å². The van der Waals surface area contributed by atoms with Crippen molar-refractivity contribution < 1.29 is 4.74 Å². The van der Waals surface area contributed by atoms with E-state index in [0.29, 0.717) is 5.88 Å². The van der Waals surface area contributed by atoms with Gasteiger partial charge in [0, 0.05) is 23.2 Å². The third-order valence-corrected chi connectivity index (χ3v) is 2.79. The summed E-state index contributed by atoms with van der Waals surface area (Å²) >= 11 is 1.33. The van der Waals surface area contributed by atoms with E-state index in [9.17, 15) is 0 Å². The van der Waals surface area contributed by atoms with Gasteiger partial charge in [-0.05, 0) is 35.8 Å². The zero-order valence-corrected chi connectivity index (χ0v) is 10.0. The normalized spacial score (nSPS) is 10.2. The van der Waals surface area contributed by atoms with Crippen LogP contribution in [0.2, 0.25) is 0 Å². The van der Waals surface area contributed by atoms with Gasteiger partial charge in [0.15, 0.2) is 0 Å². The number of hydrogen-bond acceptors (Lipinski definition) is 6. The summed E-state index contributed by atoms with van der Waals surface area (Å²) in [6, 6.07) is 9.33. The van der Waals surface area contributed by atoms with Crippen LogP contribution in [0.5, 0.6) is 11.6 Å². The highest BCUT2D eigenvalue weighted by atomic mass is 32.1. The zero-order valence-electron chi connectivity index (χ0n) is 9.22. The smallest absolute Gasteiger partial charge is 0.222 e. The lowest BCUT2D eigenvalue weighted by Crippen LogP contribution is -1.87. The molecule has 0 fully saturated rings. The molecule has 88 valence electrons. The summed E-state index contributed by atoms with van der Waals surface area (Å²) < 4.78 is 9.40. The Morgan fingerprint density at radius 2 is 1.94 bits per heavy atom. The number of aromatic nitrogens is 4. The van der Waals surface area contributed by atoms with E-state index < -0.39 is 0 Å². The first-order valence-corrected chi connectivity index (χ1v) is 6.07. The van der Waals surface area contributed by atoms with Crippen molar-refractivity contribution in [3.63, 3.8) is 0 Å². The van der Waals surface area contributed by atoms with Gasteiger partial charge in [0.05, 0.1) is 0 Å². The van der Waals surface area contributed by atoms with Crippen LogP contribution in [-0.2, 0) is 0 Å². The van der Waals surface area contributed by atoms with E-state index >= 15 is 0 Å². The Morgan fingerprint density at radius 1 is 1.06 bits per heavy atom. The molecule has 0 N–H and O–H groups in total. The fourth-order valence-electron chi connectivity index (χ4n) is 1.44. The van der Waals surface area contributed by atoms with Crippen molar-refractivity contribution in [2.45, 2.75) is 0 Å². The maximum absolute atomic E-state index is 5.57. The van der Waals surface area contributed by atoms with Gasteiger partial charge >= 0.3 is 0 Å². The largest absolute Gasteiger partial charge is 0.439 e. The second-order valence-corrected chi connectivity index (χ2v) is 4.07. The first kappa shape index (κ1) is 10.8. The lowest BCUT2D eigenvalue weighted by atomic mass is 10.2. The molecule has 0 aliphatic heterocycles. The van der Waals surface area contributed by atoms with E-state index in [1.807, 2.05) is 29.6 Å². The summed E-state index contributed by atoms with van der Waals surface area (Å²) in [4.78, 5) is 7.82. The van der Waals surface area contributed by atoms with Crippen LogP contribution >= 0.6 is 11.5 Å². The molecule has 3 aromatic rings. The van der Waals surface area contributed by atoms with E-state index in [0.717, 1.165) is 17.0 Å². The predicted octanol–water partition coefficient (Wildman–Crippen LogP) is 2.79. The van der Waals surface area contributed by atoms with E-state index in [2.05, 4.69) is 19.6 Å². The summed E-state index contributed by atoms with van der Waals surface area (Å²) in [5, 5.41) is 5.91. The molecule has 0 saturated heterocycles. The predicted molar refractivity (Wildman–Crippen MR) is 67.5 cm³/mol. The average Bonchev–Trinajstić information content (AvgIpc) is 2.95. The molecule has 18 heavy (non-hydrogen) atoms. The number of nitrogens with zero attached hydrogens (tertiary/aromatic N) is 4. The summed E-state index contributed by atoms with van der Waals surface area (Å²) in [5.41, 5.74) is 1.88. The van der Waals surface area contributed by atoms with Crippen LogP contribution in [0, 0.1) is 0 Å². The molecule has 6 heteroatoms. The van der Waals surface area contributed by atoms with E-state index in [1.165, 1.54) is 17.9 Å². The molecule has 0 aliphatic rings. The van der Waals surface area contributed by atoms with Crippen LogP contribution in [0.15, 0.2) is 48.2 Å². The number of hydrogen-bond donors (Lipinski definition) is 0. The maximum Gasteiger partial charge on any atom is 0.222 e. The summed E-state index contributed by atoms with van der Waals surface area (Å²) in [6.07, 6.45) is 3.09. The van der Waals surface area contributed by atoms with Crippen molar-refractivity contribution in [1.29, 1.82) is 0 Å². The van der Waals surface area contributed by atoms with Gasteiger partial charge in [0.1, 0.15) is 17.8 Å². The van der Waals surface area contributed by atoms with Crippen LogP contribution in [-0.4, -0.2) is 19.6 Å². The van der Waals surface area contributed by atoms with Crippen LogP contribution in [0.3, 0.4) is 0 Å². The highest BCUT2D eigenvalue weighted by Crippen LogP contribution is 2.23. The van der Waals surface area contributed by atoms with Crippen LogP contribution in [0.4, 0.5) is 0 Å². The van der Waals surface area contributed by atoms with Crippen molar-refractivity contribution >= 4 is 11.5 Å². The summed E-state index contributed by atoms with van der Waals surface area (Å²) in [7, 11) is 0. The molecule has 0 atom stereocenters. The minimum absolute atomic E-state index is 0.521. The first-order valence-electron chi connectivity index (χ1n) is 5.23. The fraction of sp³-hybridized carbons (Fsp3) is 0. The number of benzene rings is 1. The molecule has 2 heterocycles. The molecule has 0 bridgehead atoms. The van der Waals surface area contributed by atoms with Gasteiger partial charge in [-0.2, -0.15) is 0 Å². The van der Waals surface area contributed by atoms with Crippen molar-refractivity contribution in [2.24, 2.45) is 0 Å². The highest BCUT2D eigenvalue weighted by molar-refractivity contribution is 7.03. The van der Waals surface area contributed by atoms with E-state index in [-0.39, 0.29) is 0 Å². The third kappa shape index (κ3) is 2.33. The van der Waals surface area contributed by atoms with Crippen molar-refractivity contribution in [2.75, 3.05) is 0 Å². The average molecular weight is 256 g/mol. The lowest BCUT2D eigenvalue weighted by Gasteiger charge is -2.04. The molecule has 0 unspecified atom stereocenters. The fourth-order valence-corrected chi connectivity index (χ4v) is 1.91. The molecule has 0 saturated carbocycles. The molecule has 1 aromatic carbocycles. The summed E-state index contributed by atoms with van der Waals surface area (Å²) in [6.45, 7) is 0. The Balaban J connectivity index is 1.80. The minimum atomic E-state index is 0.521. The third-order valence-electron chi connectivity index (χ3n) is 2.29. The van der Waals surface area contributed by atoms with E-state index in [1.54, 1.807) is 12.3 Å². The maximum atomic E-state index is 5.57. The highest BCUT2D eigenvalue weighted by Gasteiger charge is 2.02. The quantitative estimate of drug-likeness (QED) is 0.721.